The molecule has 1 N–H and O–H groups in total. The van der Waals surface area contributed by atoms with Crippen molar-refractivity contribution in [2.24, 2.45) is 0 Å². The van der Waals surface area contributed by atoms with Crippen LogP contribution in [0.5, 0.6) is 0 Å². The highest BCUT2D eigenvalue weighted by Gasteiger charge is 2.28. The molecule has 2 aromatic heterocycles. The molecule has 27 heavy (non-hydrogen) atoms. The first-order chi connectivity index (χ1) is 12.8. The van der Waals surface area contributed by atoms with Crippen molar-refractivity contribution in [1.29, 1.82) is 0 Å². The molecular weight excluding hydrogens is 349 g/mol. The average Bonchev–Trinajstić information content (AvgIpc) is 2.61. The van der Waals surface area contributed by atoms with Crippen molar-refractivity contribution in [3.63, 3.8) is 0 Å². The maximum absolute atomic E-state index is 13.9. The largest absolute Gasteiger partial charge is 0.444 e. The van der Waals surface area contributed by atoms with Crippen LogP contribution in [0.3, 0.4) is 0 Å². The van der Waals surface area contributed by atoms with E-state index in [9.17, 15) is 9.18 Å². The number of carbonyl (C=O) groups is 1. The van der Waals surface area contributed by atoms with Crippen molar-refractivity contribution in [2.75, 3.05) is 18.4 Å². The number of nitrogens with one attached hydrogen (secondary N) is 1. The monoisotopic (exact) mass is 373 g/mol. The van der Waals surface area contributed by atoms with Gasteiger partial charge in [-0.05, 0) is 51.8 Å². The summed E-state index contributed by atoms with van der Waals surface area (Å²) in [5, 5.41) is 3.24. The molecule has 0 bridgehead atoms. The van der Waals surface area contributed by atoms with Crippen LogP contribution in [0.2, 0.25) is 0 Å². The summed E-state index contributed by atoms with van der Waals surface area (Å²) in [6.07, 6.45) is 4.39. The van der Waals surface area contributed by atoms with E-state index in [-0.39, 0.29) is 12.1 Å². The number of piperidine rings is 1. The molecule has 0 radical (unpaired) electrons. The summed E-state index contributed by atoms with van der Waals surface area (Å²) in [5.74, 6) is -0.178. The fourth-order valence-corrected chi connectivity index (χ4v) is 2.93. The zero-order chi connectivity index (χ0) is 19.4. The number of rotatable bonds is 3. The highest BCUT2D eigenvalue weighted by molar-refractivity contribution is 5.68. The standard InChI is InChI=1S/C19H24FN5O2/c1-19(2,3)27-18(26)25-11-5-6-13(12-25)23-17-22-10-8-15(24-17)14-7-4-9-21-16(14)20/h4,7-10,13H,5-6,11-12H2,1-3H3,(H,22,23,24). The van der Waals surface area contributed by atoms with Crippen LogP contribution in [0, 0.1) is 5.95 Å². The first kappa shape index (κ1) is 19.0. The fraction of sp³-hybridized carbons (Fsp3) is 0.474. The van der Waals surface area contributed by atoms with Gasteiger partial charge in [0.25, 0.3) is 0 Å². The van der Waals surface area contributed by atoms with E-state index in [0.717, 1.165) is 12.8 Å². The van der Waals surface area contributed by atoms with Gasteiger partial charge in [-0.15, -0.1) is 0 Å². The van der Waals surface area contributed by atoms with Crippen molar-refractivity contribution in [1.82, 2.24) is 19.9 Å². The fourth-order valence-electron chi connectivity index (χ4n) is 2.93. The Morgan fingerprint density at radius 3 is 2.85 bits per heavy atom. The van der Waals surface area contributed by atoms with Crippen LogP contribution in [0.4, 0.5) is 15.1 Å². The van der Waals surface area contributed by atoms with E-state index in [1.54, 1.807) is 29.3 Å². The van der Waals surface area contributed by atoms with Crippen LogP contribution in [-0.2, 0) is 4.74 Å². The molecule has 0 spiro atoms. The molecule has 0 aromatic carbocycles. The van der Waals surface area contributed by atoms with Gasteiger partial charge in [-0.25, -0.2) is 19.7 Å². The van der Waals surface area contributed by atoms with Crippen molar-refractivity contribution in [2.45, 2.75) is 45.3 Å². The summed E-state index contributed by atoms with van der Waals surface area (Å²) in [6, 6.07) is 4.92. The van der Waals surface area contributed by atoms with Crippen LogP contribution in [0.25, 0.3) is 11.3 Å². The number of pyridine rings is 1. The van der Waals surface area contributed by atoms with E-state index < -0.39 is 11.5 Å². The Morgan fingerprint density at radius 1 is 1.30 bits per heavy atom. The van der Waals surface area contributed by atoms with Crippen molar-refractivity contribution >= 4 is 12.0 Å². The van der Waals surface area contributed by atoms with Crippen molar-refractivity contribution < 1.29 is 13.9 Å². The van der Waals surface area contributed by atoms with E-state index in [0.29, 0.717) is 30.3 Å². The molecular formula is C19H24FN5O2. The highest BCUT2D eigenvalue weighted by atomic mass is 19.1. The second-order valence-corrected chi connectivity index (χ2v) is 7.52. The number of ether oxygens (including phenoxy) is 1. The molecule has 1 atom stereocenters. The van der Waals surface area contributed by atoms with Crippen LogP contribution in [0.15, 0.2) is 30.6 Å². The Morgan fingerprint density at radius 2 is 2.11 bits per heavy atom. The zero-order valence-electron chi connectivity index (χ0n) is 15.8. The molecule has 144 valence electrons. The van der Waals surface area contributed by atoms with E-state index >= 15 is 0 Å². The van der Waals surface area contributed by atoms with Crippen molar-refractivity contribution in [3.8, 4) is 11.3 Å². The van der Waals surface area contributed by atoms with E-state index in [1.165, 1.54) is 6.20 Å². The van der Waals surface area contributed by atoms with Gasteiger partial charge in [0, 0.05) is 31.5 Å². The van der Waals surface area contributed by atoms with Crippen molar-refractivity contribution in [3.05, 3.63) is 36.5 Å². The Labute approximate surface area is 158 Å². The lowest BCUT2D eigenvalue weighted by atomic mass is 10.1. The summed E-state index contributed by atoms with van der Waals surface area (Å²) >= 11 is 0. The molecule has 2 aromatic rings. The summed E-state index contributed by atoms with van der Waals surface area (Å²) in [7, 11) is 0. The minimum absolute atomic E-state index is 0.000244. The highest BCUT2D eigenvalue weighted by Crippen LogP contribution is 2.21. The second-order valence-electron chi connectivity index (χ2n) is 7.52. The van der Waals surface area contributed by atoms with Gasteiger partial charge >= 0.3 is 6.09 Å². The minimum Gasteiger partial charge on any atom is -0.444 e. The number of likely N-dealkylation sites (tertiary alicyclic amines) is 1. The molecule has 3 heterocycles. The third-order valence-corrected chi connectivity index (χ3v) is 4.10. The number of hydrogen-bond donors (Lipinski definition) is 1. The molecule has 1 unspecified atom stereocenters. The molecule has 3 rings (SSSR count). The molecule has 1 amide bonds. The van der Waals surface area contributed by atoms with Gasteiger partial charge in [-0.1, -0.05) is 0 Å². The van der Waals surface area contributed by atoms with Gasteiger partial charge in [0.1, 0.15) is 5.60 Å². The summed E-state index contributed by atoms with van der Waals surface area (Å²) in [5.41, 5.74) is 0.253. The summed E-state index contributed by atoms with van der Waals surface area (Å²) < 4.78 is 19.3. The number of carbonyl (C=O) groups excluding carboxylic acids is 1. The summed E-state index contributed by atoms with van der Waals surface area (Å²) in [4.78, 5) is 26.2. The SMILES string of the molecule is CC(C)(C)OC(=O)N1CCCC(Nc2nccc(-c3cccnc3F)n2)C1. The minimum atomic E-state index is -0.573. The third kappa shape index (κ3) is 5.12. The summed E-state index contributed by atoms with van der Waals surface area (Å²) in [6.45, 7) is 6.71. The number of nitrogens with zero attached hydrogens (tertiary/aromatic N) is 4. The predicted octanol–water partition coefficient (Wildman–Crippen LogP) is 3.49. The molecule has 0 aliphatic carbocycles. The van der Waals surface area contributed by atoms with Gasteiger partial charge in [-0.2, -0.15) is 4.39 Å². The predicted molar refractivity (Wildman–Crippen MR) is 99.7 cm³/mol. The number of aromatic nitrogens is 3. The lowest BCUT2D eigenvalue weighted by molar-refractivity contribution is 0.0206. The molecule has 7 nitrogen and oxygen atoms in total. The van der Waals surface area contributed by atoms with Gasteiger partial charge in [-0.3, -0.25) is 0 Å². The van der Waals surface area contributed by atoms with E-state index in [4.69, 9.17) is 4.74 Å². The van der Waals surface area contributed by atoms with E-state index in [2.05, 4.69) is 20.3 Å². The van der Waals surface area contributed by atoms with Crippen LogP contribution < -0.4 is 5.32 Å². The molecule has 1 aliphatic heterocycles. The number of halogens is 1. The van der Waals surface area contributed by atoms with Gasteiger partial charge in [0.05, 0.1) is 11.3 Å². The maximum atomic E-state index is 13.9. The lowest BCUT2D eigenvalue weighted by Gasteiger charge is -2.34. The normalized spacial score (nSPS) is 17.5. The Bertz CT molecular complexity index is 809. The van der Waals surface area contributed by atoms with Gasteiger partial charge in [0.2, 0.25) is 11.9 Å². The number of amides is 1. The van der Waals surface area contributed by atoms with E-state index in [1.807, 2.05) is 20.8 Å². The number of anilines is 1. The molecule has 8 heteroatoms. The molecule has 1 fully saturated rings. The number of hydrogen-bond acceptors (Lipinski definition) is 6. The smallest absolute Gasteiger partial charge is 0.410 e. The van der Waals surface area contributed by atoms with Crippen LogP contribution >= 0.6 is 0 Å². The van der Waals surface area contributed by atoms with Gasteiger partial charge in [0.15, 0.2) is 0 Å². The Balaban J connectivity index is 1.68. The van der Waals surface area contributed by atoms with Gasteiger partial charge < -0.3 is 15.0 Å². The Kier molecular flexibility index (Phi) is 5.53. The van der Waals surface area contributed by atoms with Crippen LogP contribution in [-0.4, -0.2) is 50.7 Å². The second kappa shape index (κ2) is 7.85. The quantitative estimate of drug-likeness (QED) is 0.830. The first-order valence-corrected chi connectivity index (χ1v) is 9.00. The zero-order valence-corrected chi connectivity index (χ0v) is 15.8. The molecule has 1 saturated heterocycles. The average molecular weight is 373 g/mol. The maximum Gasteiger partial charge on any atom is 0.410 e. The third-order valence-electron chi connectivity index (χ3n) is 4.10. The molecule has 0 saturated carbocycles. The van der Waals surface area contributed by atoms with Crippen LogP contribution in [0.1, 0.15) is 33.6 Å². The molecule has 1 aliphatic rings. The topological polar surface area (TPSA) is 80.2 Å². The lowest BCUT2D eigenvalue weighted by Crippen LogP contribution is -2.47. The Hall–Kier alpha value is -2.77. The first-order valence-electron chi connectivity index (χ1n) is 9.00.